The Morgan fingerprint density at radius 1 is 0.815 bits per heavy atom. The second kappa shape index (κ2) is 7.63. The van der Waals surface area contributed by atoms with Crippen molar-refractivity contribution in [2.24, 2.45) is 0 Å². The molecule has 0 saturated carbocycles. The van der Waals surface area contributed by atoms with E-state index in [4.69, 9.17) is 0 Å². The van der Waals surface area contributed by atoms with E-state index in [0.717, 1.165) is 0 Å². The number of halogens is 3. The largest absolute Gasteiger partial charge is 0.426 e. The fourth-order valence-corrected chi connectivity index (χ4v) is 3.33. The number of amides is 2. The molecule has 0 atom stereocenters. The third kappa shape index (κ3) is 4.35. The molecule has 2 aromatic carbocycles. The first-order valence-electron chi connectivity index (χ1n) is 7.78. The van der Waals surface area contributed by atoms with Crippen LogP contribution in [0.15, 0.2) is 66.7 Å². The number of thiophene rings is 1. The van der Waals surface area contributed by atoms with Gasteiger partial charge < -0.3 is 0 Å². The quantitative estimate of drug-likeness (QED) is 0.647. The molecule has 27 heavy (non-hydrogen) atoms. The van der Waals surface area contributed by atoms with Gasteiger partial charge in [0.15, 0.2) is 0 Å². The summed E-state index contributed by atoms with van der Waals surface area (Å²) in [7, 11) is 0. The topological polar surface area (TPSA) is 58.2 Å². The summed E-state index contributed by atoms with van der Waals surface area (Å²) in [6.45, 7) is 0. The Bertz CT molecular complexity index is 954. The van der Waals surface area contributed by atoms with Crippen LogP contribution in [0.1, 0.15) is 24.9 Å². The zero-order valence-corrected chi connectivity index (χ0v) is 14.5. The molecular formula is C19H13F3N2O2S. The van der Waals surface area contributed by atoms with Crippen molar-refractivity contribution in [1.82, 2.24) is 10.9 Å². The molecule has 1 aromatic heterocycles. The number of carbonyl (C=O) groups is 2. The van der Waals surface area contributed by atoms with Gasteiger partial charge >= 0.3 is 6.18 Å². The Morgan fingerprint density at radius 2 is 1.37 bits per heavy atom. The lowest BCUT2D eigenvalue weighted by molar-refractivity contribution is -0.133. The summed E-state index contributed by atoms with van der Waals surface area (Å²) in [4.78, 5) is 23.1. The third-order valence-corrected chi connectivity index (χ3v) is 4.80. The molecule has 4 nitrogen and oxygen atoms in total. The Balaban J connectivity index is 1.81. The molecular weight excluding hydrogens is 377 g/mol. The molecule has 0 radical (unpaired) electrons. The summed E-state index contributed by atoms with van der Waals surface area (Å²) < 4.78 is 40.1. The highest BCUT2D eigenvalue weighted by Gasteiger charge is 2.37. The van der Waals surface area contributed by atoms with E-state index in [9.17, 15) is 22.8 Å². The fourth-order valence-electron chi connectivity index (χ4n) is 2.38. The maximum atomic E-state index is 13.4. The molecule has 8 heteroatoms. The molecule has 0 saturated heterocycles. The van der Waals surface area contributed by atoms with Gasteiger partial charge in [-0.15, -0.1) is 11.3 Å². The number of hydrogen-bond donors (Lipinski definition) is 2. The van der Waals surface area contributed by atoms with E-state index in [2.05, 4.69) is 10.9 Å². The van der Waals surface area contributed by atoms with Crippen molar-refractivity contribution in [3.63, 3.8) is 0 Å². The normalized spacial score (nSPS) is 11.1. The van der Waals surface area contributed by atoms with Gasteiger partial charge in [0.2, 0.25) is 0 Å². The monoisotopic (exact) mass is 390 g/mol. The highest BCUT2D eigenvalue weighted by atomic mass is 32.1. The average Bonchev–Trinajstić information content (AvgIpc) is 3.13. The highest BCUT2D eigenvalue weighted by molar-refractivity contribution is 7.14. The SMILES string of the molecule is O=C(NNC(=O)c1cc(-c2ccccc2)c(C(F)(F)F)s1)c1ccccc1. The minimum atomic E-state index is -4.60. The van der Waals surface area contributed by atoms with Crippen molar-refractivity contribution in [3.05, 3.63) is 82.0 Å². The van der Waals surface area contributed by atoms with Gasteiger partial charge in [0.05, 0.1) is 4.88 Å². The Kier molecular flexibility index (Phi) is 5.27. The predicted molar refractivity (Wildman–Crippen MR) is 96.1 cm³/mol. The Labute approximate surface area is 156 Å². The van der Waals surface area contributed by atoms with Crippen LogP contribution >= 0.6 is 11.3 Å². The number of alkyl halides is 3. The molecule has 0 bridgehead atoms. The summed E-state index contributed by atoms with van der Waals surface area (Å²) in [5.74, 6) is -1.39. The zero-order chi connectivity index (χ0) is 19.4. The lowest BCUT2D eigenvalue weighted by atomic mass is 10.1. The third-order valence-electron chi connectivity index (χ3n) is 3.62. The first-order chi connectivity index (χ1) is 12.9. The first kappa shape index (κ1) is 18.7. The van der Waals surface area contributed by atoms with Gasteiger partial charge in [-0.2, -0.15) is 13.2 Å². The Morgan fingerprint density at radius 3 is 1.96 bits per heavy atom. The van der Waals surface area contributed by atoms with Crippen molar-refractivity contribution in [3.8, 4) is 11.1 Å². The number of benzene rings is 2. The van der Waals surface area contributed by atoms with E-state index in [0.29, 0.717) is 22.5 Å². The second-order valence-electron chi connectivity index (χ2n) is 5.49. The summed E-state index contributed by atoms with van der Waals surface area (Å²) in [6.07, 6.45) is -4.60. The molecule has 1 heterocycles. The van der Waals surface area contributed by atoms with E-state index in [1.807, 2.05) is 0 Å². The summed E-state index contributed by atoms with van der Waals surface area (Å²) >= 11 is 0.329. The van der Waals surface area contributed by atoms with E-state index < -0.39 is 22.9 Å². The standard InChI is InChI=1S/C19H13F3N2O2S/c20-19(21,22)16-14(12-7-3-1-4-8-12)11-15(27-16)18(26)24-23-17(25)13-9-5-2-6-10-13/h1-11H,(H,23,25)(H,24,26). The summed E-state index contributed by atoms with van der Waals surface area (Å²) in [6, 6.07) is 17.3. The van der Waals surface area contributed by atoms with Crippen LogP contribution < -0.4 is 10.9 Å². The molecule has 138 valence electrons. The van der Waals surface area contributed by atoms with Gasteiger partial charge in [-0.3, -0.25) is 20.4 Å². The molecule has 0 fully saturated rings. The van der Waals surface area contributed by atoms with Gasteiger partial charge in [0.1, 0.15) is 4.88 Å². The highest BCUT2D eigenvalue weighted by Crippen LogP contribution is 2.42. The lowest BCUT2D eigenvalue weighted by Gasteiger charge is -2.07. The number of carbonyl (C=O) groups excluding carboxylic acids is 2. The molecule has 0 aliphatic rings. The zero-order valence-electron chi connectivity index (χ0n) is 13.7. The smallest absolute Gasteiger partial charge is 0.267 e. The molecule has 3 rings (SSSR count). The van der Waals surface area contributed by atoms with Gasteiger partial charge in [-0.1, -0.05) is 48.5 Å². The van der Waals surface area contributed by atoms with Crippen molar-refractivity contribution in [2.75, 3.05) is 0 Å². The van der Waals surface area contributed by atoms with Crippen molar-refractivity contribution < 1.29 is 22.8 Å². The molecule has 0 spiro atoms. The average molecular weight is 390 g/mol. The minimum Gasteiger partial charge on any atom is -0.267 e. The van der Waals surface area contributed by atoms with Gasteiger partial charge in [0.25, 0.3) is 11.8 Å². The Hall–Kier alpha value is -3.13. The molecule has 2 amide bonds. The molecule has 0 aliphatic heterocycles. The summed E-state index contributed by atoms with van der Waals surface area (Å²) in [5.41, 5.74) is 4.93. The van der Waals surface area contributed by atoms with E-state index >= 15 is 0 Å². The van der Waals surface area contributed by atoms with E-state index in [1.165, 1.54) is 18.2 Å². The maximum absolute atomic E-state index is 13.4. The van der Waals surface area contributed by atoms with Crippen LogP contribution in [0.4, 0.5) is 13.2 Å². The van der Waals surface area contributed by atoms with Crippen molar-refractivity contribution in [1.29, 1.82) is 0 Å². The molecule has 0 aliphatic carbocycles. The van der Waals surface area contributed by atoms with Crippen molar-refractivity contribution >= 4 is 23.2 Å². The summed E-state index contributed by atoms with van der Waals surface area (Å²) in [5, 5.41) is 0. The first-order valence-corrected chi connectivity index (χ1v) is 8.60. The van der Waals surface area contributed by atoms with E-state index in [1.54, 1.807) is 48.5 Å². The van der Waals surface area contributed by atoms with Gasteiger partial charge in [-0.05, 0) is 23.8 Å². The van der Waals surface area contributed by atoms with Crippen LogP contribution in [0.2, 0.25) is 0 Å². The second-order valence-corrected chi connectivity index (χ2v) is 6.54. The molecule has 3 aromatic rings. The van der Waals surface area contributed by atoms with Crippen LogP contribution in [-0.2, 0) is 6.18 Å². The van der Waals surface area contributed by atoms with Crippen LogP contribution in [0.25, 0.3) is 11.1 Å². The number of hydrazine groups is 1. The number of hydrogen-bond acceptors (Lipinski definition) is 3. The van der Waals surface area contributed by atoms with Crippen LogP contribution in [0.3, 0.4) is 0 Å². The van der Waals surface area contributed by atoms with Gasteiger partial charge in [0, 0.05) is 11.1 Å². The van der Waals surface area contributed by atoms with Crippen LogP contribution in [-0.4, -0.2) is 11.8 Å². The fraction of sp³-hybridized carbons (Fsp3) is 0.0526. The van der Waals surface area contributed by atoms with Crippen molar-refractivity contribution in [2.45, 2.75) is 6.18 Å². The lowest BCUT2D eigenvalue weighted by Crippen LogP contribution is -2.41. The number of rotatable bonds is 3. The minimum absolute atomic E-state index is 0.0763. The predicted octanol–water partition coefficient (Wildman–Crippen LogP) is 4.51. The van der Waals surface area contributed by atoms with Crippen LogP contribution in [0.5, 0.6) is 0 Å². The van der Waals surface area contributed by atoms with Gasteiger partial charge in [-0.25, -0.2) is 0 Å². The number of nitrogens with one attached hydrogen (secondary N) is 2. The maximum Gasteiger partial charge on any atom is 0.426 e. The molecule has 2 N–H and O–H groups in total. The van der Waals surface area contributed by atoms with Crippen LogP contribution in [0, 0.1) is 0 Å². The molecule has 0 unspecified atom stereocenters. The van der Waals surface area contributed by atoms with E-state index in [-0.39, 0.29) is 10.4 Å².